The molecule has 3 aromatic rings. The van der Waals surface area contributed by atoms with E-state index in [0.29, 0.717) is 11.3 Å². The third-order valence-electron chi connectivity index (χ3n) is 4.00. The molecule has 0 fully saturated rings. The smallest absolute Gasteiger partial charge is 0.226 e. The number of hydrogen-bond donors (Lipinski definition) is 0. The molecular weight excluding hydrogens is 382 g/mol. The van der Waals surface area contributed by atoms with Crippen LogP contribution in [0.3, 0.4) is 0 Å². The minimum Gasteiger partial charge on any atom is -0.438 e. The van der Waals surface area contributed by atoms with Crippen molar-refractivity contribution >= 4 is 11.5 Å². The van der Waals surface area contributed by atoms with Crippen molar-refractivity contribution in [2.45, 2.75) is 13.0 Å². The molecule has 148 valence electrons. The number of carbonyl (C=O) groups excluding carboxylic acids is 1. The van der Waals surface area contributed by atoms with E-state index in [4.69, 9.17) is 14.2 Å². The van der Waals surface area contributed by atoms with Gasteiger partial charge >= 0.3 is 0 Å². The molecule has 0 saturated heterocycles. The van der Waals surface area contributed by atoms with E-state index in [1.54, 1.807) is 31.2 Å². The third-order valence-corrected chi connectivity index (χ3v) is 4.00. The highest BCUT2D eigenvalue weighted by Gasteiger charge is 2.18. The minimum absolute atomic E-state index is 0.0505. The van der Waals surface area contributed by atoms with Gasteiger partial charge in [0.25, 0.3) is 0 Å². The van der Waals surface area contributed by atoms with Crippen LogP contribution in [0.1, 0.15) is 12.5 Å². The Hall–Kier alpha value is -3.61. The zero-order valence-electron chi connectivity index (χ0n) is 15.6. The average Bonchev–Trinajstić information content (AvgIpc) is 2.73. The van der Waals surface area contributed by atoms with Gasteiger partial charge < -0.3 is 14.2 Å². The van der Waals surface area contributed by atoms with E-state index in [-0.39, 0.29) is 17.3 Å². The number of methoxy groups -OCH3 is 1. The predicted molar refractivity (Wildman–Crippen MR) is 101 cm³/mol. The summed E-state index contributed by atoms with van der Waals surface area (Å²) in [7, 11) is 1.47. The second kappa shape index (κ2) is 9.05. The maximum absolute atomic E-state index is 13.8. The van der Waals surface area contributed by atoms with Crippen LogP contribution in [0, 0.1) is 11.6 Å². The second-order valence-corrected chi connectivity index (χ2v) is 5.84. The Bertz CT molecular complexity index is 1050. The molecule has 1 atom stereocenters. The molecule has 0 aliphatic heterocycles. The summed E-state index contributed by atoms with van der Waals surface area (Å²) >= 11 is 0. The fourth-order valence-electron chi connectivity index (χ4n) is 2.48. The molecule has 0 bridgehead atoms. The van der Waals surface area contributed by atoms with Crippen LogP contribution >= 0.6 is 0 Å². The predicted octanol–water partition coefficient (Wildman–Crippen LogP) is 4.59. The van der Waals surface area contributed by atoms with Crippen molar-refractivity contribution in [3.8, 4) is 23.3 Å². The van der Waals surface area contributed by atoms with E-state index in [9.17, 15) is 13.6 Å². The van der Waals surface area contributed by atoms with E-state index in [1.807, 2.05) is 5.94 Å². The van der Waals surface area contributed by atoms with Crippen molar-refractivity contribution < 1.29 is 27.8 Å². The maximum atomic E-state index is 13.8. The quantitative estimate of drug-likeness (QED) is 0.542. The zero-order valence-corrected chi connectivity index (χ0v) is 15.6. The monoisotopic (exact) mass is 398 g/mol. The Balaban J connectivity index is 1.89. The van der Waals surface area contributed by atoms with Crippen LogP contribution in [0.25, 0.3) is 5.57 Å². The first-order valence-corrected chi connectivity index (χ1v) is 8.52. The van der Waals surface area contributed by atoms with Crippen LogP contribution < -0.4 is 9.47 Å². The number of nitrogens with zero attached hydrogens (tertiary/aromatic N) is 2. The summed E-state index contributed by atoms with van der Waals surface area (Å²) in [6.07, 6.45) is 0.617. The SMILES string of the molecule is COC(C)C(=C=O)c1ccccc1Oc1cc(Oc2c(F)cccc2F)ncn1. The van der Waals surface area contributed by atoms with Gasteiger partial charge in [0, 0.05) is 12.7 Å². The van der Waals surface area contributed by atoms with E-state index < -0.39 is 23.5 Å². The second-order valence-electron chi connectivity index (χ2n) is 5.84. The molecule has 0 N–H and O–H groups in total. The first kappa shape index (κ1) is 20.1. The van der Waals surface area contributed by atoms with Crippen molar-refractivity contribution in [1.29, 1.82) is 0 Å². The van der Waals surface area contributed by atoms with Gasteiger partial charge in [-0.05, 0) is 25.1 Å². The van der Waals surface area contributed by atoms with Gasteiger partial charge in [0.1, 0.15) is 18.0 Å². The molecule has 0 saturated carbocycles. The highest BCUT2D eigenvalue weighted by atomic mass is 19.1. The van der Waals surface area contributed by atoms with Gasteiger partial charge in [0.05, 0.1) is 17.7 Å². The van der Waals surface area contributed by atoms with Gasteiger partial charge in [-0.15, -0.1) is 0 Å². The Morgan fingerprint density at radius 1 is 1.00 bits per heavy atom. The number of halogens is 2. The Morgan fingerprint density at radius 2 is 1.66 bits per heavy atom. The lowest BCUT2D eigenvalue weighted by Crippen LogP contribution is -2.09. The molecule has 0 aliphatic rings. The summed E-state index contributed by atoms with van der Waals surface area (Å²) in [5, 5.41) is 0. The largest absolute Gasteiger partial charge is 0.438 e. The lowest BCUT2D eigenvalue weighted by Gasteiger charge is -2.15. The minimum atomic E-state index is -0.870. The van der Waals surface area contributed by atoms with E-state index in [0.717, 1.165) is 18.5 Å². The Labute approximate surface area is 165 Å². The summed E-state index contributed by atoms with van der Waals surface area (Å²) < 4.78 is 43.7. The molecule has 2 aromatic carbocycles. The van der Waals surface area contributed by atoms with Crippen LogP contribution in [0.4, 0.5) is 8.78 Å². The van der Waals surface area contributed by atoms with Gasteiger partial charge in [-0.25, -0.2) is 23.5 Å². The molecule has 3 rings (SSSR count). The lowest BCUT2D eigenvalue weighted by atomic mass is 10.0. The zero-order chi connectivity index (χ0) is 20.8. The van der Waals surface area contributed by atoms with Crippen molar-refractivity contribution in [2.24, 2.45) is 0 Å². The normalized spacial score (nSPS) is 11.4. The average molecular weight is 398 g/mol. The van der Waals surface area contributed by atoms with E-state index in [1.165, 1.54) is 19.2 Å². The van der Waals surface area contributed by atoms with Crippen LogP contribution in [0.15, 0.2) is 54.9 Å². The van der Waals surface area contributed by atoms with E-state index >= 15 is 0 Å². The number of rotatable bonds is 7. The molecule has 1 aromatic heterocycles. The molecule has 0 spiro atoms. The lowest BCUT2D eigenvalue weighted by molar-refractivity contribution is 0.164. The third kappa shape index (κ3) is 4.63. The molecule has 1 heterocycles. The molecule has 6 nitrogen and oxygen atoms in total. The number of benzene rings is 2. The molecule has 0 aliphatic carbocycles. The molecule has 8 heteroatoms. The first-order chi connectivity index (χ1) is 14.0. The van der Waals surface area contributed by atoms with Crippen LogP contribution in [0.5, 0.6) is 23.3 Å². The van der Waals surface area contributed by atoms with Gasteiger partial charge in [-0.1, -0.05) is 24.3 Å². The Kier molecular flexibility index (Phi) is 6.29. The molecule has 0 amide bonds. The van der Waals surface area contributed by atoms with Crippen LogP contribution in [-0.4, -0.2) is 29.1 Å². The van der Waals surface area contributed by atoms with Gasteiger partial charge in [0.15, 0.2) is 11.6 Å². The fraction of sp³-hybridized carbons (Fsp3) is 0.143. The highest BCUT2D eigenvalue weighted by molar-refractivity contribution is 5.91. The van der Waals surface area contributed by atoms with Gasteiger partial charge in [0.2, 0.25) is 17.5 Å². The summed E-state index contributed by atoms with van der Waals surface area (Å²) in [6.45, 7) is 1.70. The molecule has 0 radical (unpaired) electrons. The molecule has 29 heavy (non-hydrogen) atoms. The van der Waals surface area contributed by atoms with Crippen molar-refractivity contribution in [3.05, 3.63) is 72.1 Å². The first-order valence-electron chi connectivity index (χ1n) is 8.52. The van der Waals surface area contributed by atoms with Gasteiger partial charge in [-0.3, -0.25) is 0 Å². The standard InChI is InChI=1S/C21H16F2N2O4/c1-13(27-2)15(11-26)14-6-3-4-9-18(14)28-19-10-20(25-12-24-19)29-21-16(22)7-5-8-17(21)23/h3-10,12-13H,1-2H3. The number of hydrogen-bond acceptors (Lipinski definition) is 6. The number of ether oxygens (including phenoxy) is 3. The van der Waals surface area contributed by atoms with Crippen molar-refractivity contribution in [1.82, 2.24) is 9.97 Å². The van der Waals surface area contributed by atoms with Crippen LogP contribution in [-0.2, 0) is 9.53 Å². The summed E-state index contributed by atoms with van der Waals surface area (Å²) in [5.41, 5.74) is 0.736. The maximum Gasteiger partial charge on any atom is 0.226 e. The molecule has 1 unspecified atom stereocenters. The van der Waals surface area contributed by atoms with Crippen LogP contribution in [0.2, 0.25) is 0 Å². The Morgan fingerprint density at radius 3 is 2.31 bits per heavy atom. The van der Waals surface area contributed by atoms with Gasteiger partial charge in [-0.2, -0.15) is 0 Å². The summed E-state index contributed by atoms with van der Waals surface area (Å²) in [5.74, 6) is -0.203. The summed E-state index contributed by atoms with van der Waals surface area (Å²) in [6, 6.07) is 11.4. The summed E-state index contributed by atoms with van der Waals surface area (Å²) in [4.78, 5) is 19.2. The van der Waals surface area contributed by atoms with Crippen molar-refractivity contribution in [2.75, 3.05) is 7.11 Å². The van der Waals surface area contributed by atoms with Crippen molar-refractivity contribution in [3.63, 3.8) is 0 Å². The number of para-hydroxylation sites is 2. The fourth-order valence-corrected chi connectivity index (χ4v) is 2.48. The highest BCUT2D eigenvalue weighted by Crippen LogP contribution is 2.32. The van der Waals surface area contributed by atoms with E-state index in [2.05, 4.69) is 9.97 Å². The number of aromatic nitrogens is 2. The molecular formula is C21H16F2N2O4. The topological polar surface area (TPSA) is 70.5 Å².